The third-order valence-electron chi connectivity index (χ3n) is 2.25. The van der Waals surface area contributed by atoms with Crippen LogP contribution in [0.1, 0.15) is 12.8 Å². The summed E-state index contributed by atoms with van der Waals surface area (Å²) in [6.07, 6.45) is 5.37. The first-order valence-corrected chi connectivity index (χ1v) is 4.36. The van der Waals surface area contributed by atoms with Crippen LogP contribution in [0, 0.1) is 0 Å². The molecule has 0 aromatic carbocycles. The summed E-state index contributed by atoms with van der Waals surface area (Å²) in [4.78, 5) is 15.7. The van der Waals surface area contributed by atoms with Crippen LogP contribution in [0.25, 0.3) is 0 Å². The number of aliphatic imine (C=N–C) groups is 1. The summed E-state index contributed by atoms with van der Waals surface area (Å²) in [5.74, 6) is 0.350. The Balaban J connectivity index is 2.37. The Morgan fingerprint density at radius 2 is 2.31 bits per heavy atom. The van der Waals surface area contributed by atoms with Crippen LogP contribution in [0.5, 0.6) is 0 Å². The van der Waals surface area contributed by atoms with E-state index in [1.807, 2.05) is 0 Å². The second-order valence-electron chi connectivity index (χ2n) is 3.12. The molecule has 0 fully saturated rings. The largest absolute Gasteiger partial charge is 0.493 e. The molecule has 1 heterocycles. The maximum Gasteiger partial charge on any atom is 0.220 e. The van der Waals surface area contributed by atoms with Crippen molar-refractivity contribution in [2.45, 2.75) is 12.8 Å². The zero-order chi connectivity index (χ0) is 9.26. The molecule has 0 aromatic heterocycles. The summed E-state index contributed by atoms with van der Waals surface area (Å²) in [7, 11) is 1.51. The Bertz CT molecular complexity index is 337. The summed E-state index contributed by atoms with van der Waals surface area (Å²) in [5.41, 5.74) is 1.97. The predicted octanol–water partition coefficient (Wildman–Crippen LogP) is 1.26. The highest BCUT2D eigenvalue weighted by Crippen LogP contribution is 2.20. The number of allylic oxidation sites excluding steroid dienone is 3. The van der Waals surface area contributed by atoms with Gasteiger partial charge in [0, 0.05) is 12.6 Å². The van der Waals surface area contributed by atoms with Crippen LogP contribution in [0.2, 0.25) is 0 Å². The van der Waals surface area contributed by atoms with E-state index in [1.165, 1.54) is 7.11 Å². The minimum Gasteiger partial charge on any atom is -0.493 e. The summed E-state index contributed by atoms with van der Waals surface area (Å²) >= 11 is 0. The van der Waals surface area contributed by atoms with Gasteiger partial charge in [0.15, 0.2) is 5.76 Å². The van der Waals surface area contributed by atoms with Crippen LogP contribution in [0.15, 0.2) is 28.5 Å². The minimum absolute atomic E-state index is 0.0432. The van der Waals surface area contributed by atoms with Crippen molar-refractivity contribution in [3.63, 3.8) is 0 Å². The normalized spacial score (nSPS) is 21.3. The number of hydrogen-bond donors (Lipinski definition) is 0. The van der Waals surface area contributed by atoms with E-state index in [-0.39, 0.29) is 5.78 Å². The van der Waals surface area contributed by atoms with E-state index in [4.69, 9.17) is 4.74 Å². The highest BCUT2D eigenvalue weighted by atomic mass is 16.5. The molecule has 3 heteroatoms. The van der Waals surface area contributed by atoms with Gasteiger partial charge >= 0.3 is 0 Å². The van der Waals surface area contributed by atoms with Gasteiger partial charge in [0.2, 0.25) is 5.78 Å². The van der Waals surface area contributed by atoms with Gasteiger partial charge in [-0.25, -0.2) is 0 Å². The van der Waals surface area contributed by atoms with Crippen LogP contribution >= 0.6 is 0 Å². The molecule has 3 nitrogen and oxygen atoms in total. The van der Waals surface area contributed by atoms with Crippen LogP contribution in [-0.4, -0.2) is 25.1 Å². The molecule has 0 saturated heterocycles. The lowest BCUT2D eigenvalue weighted by Crippen LogP contribution is -2.17. The van der Waals surface area contributed by atoms with Gasteiger partial charge in [0.05, 0.1) is 12.8 Å². The molecular formula is C10H11NO2. The SMILES string of the molecule is COC1=CC2=NCCCC2=CC1=O. The average molecular weight is 177 g/mol. The van der Waals surface area contributed by atoms with E-state index in [1.54, 1.807) is 12.2 Å². The average Bonchev–Trinajstić information content (AvgIpc) is 2.17. The molecule has 0 aromatic rings. The second-order valence-corrected chi connectivity index (χ2v) is 3.12. The maximum atomic E-state index is 11.4. The van der Waals surface area contributed by atoms with Crippen LogP contribution in [0.4, 0.5) is 0 Å². The molecule has 0 amide bonds. The van der Waals surface area contributed by atoms with Gasteiger partial charge in [-0.15, -0.1) is 0 Å². The fourth-order valence-electron chi connectivity index (χ4n) is 1.57. The molecule has 0 radical (unpaired) electrons. The number of rotatable bonds is 1. The third-order valence-corrected chi connectivity index (χ3v) is 2.25. The molecule has 13 heavy (non-hydrogen) atoms. The fraction of sp³-hybridized carbons (Fsp3) is 0.400. The Morgan fingerprint density at radius 1 is 1.46 bits per heavy atom. The summed E-state index contributed by atoms with van der Waals surface area (Å²) in [5, 5.41) is 0. The lowest BCUT2D eigenvalue weighted by atomic mass is 9.95. The number of carbonyl (C=O) groups is 1. The molecule has 68 valence electrons. The smallest absolute Gasteiger partial charge is 0.220 e. The predicted molar refractivity (Wildman–Crippen MR) is 49.7 cm³/mol. The van der Waals surface area contributed by atoms with Gasteiger partial charge in [-0.05, 0) is 24.5 Å². The van der Waals surface area contributed by atoms with Crippen molar-refractivity contribution in [3.05, 3.63) is 23.5 Å². The zero-order valence-corrected chi connectivity index (χ0v) is 7.54. The topological polar surface area (TPSA) is 38.7 Å². The fourth-order valence-corrected chi connectivity index (χ4v) is 1.57. The van der Waals surface area contributed by atoms with Gasteiger partial charge in [0.1, 0.15) is 0 Å². The number of hydrogen-bond acceptors (Lipinski definition) is 3. The first-order valence-electron chi connectivity index (χ1n) is 4.36. The van der Waals surface area contributed by atoms with E-state index in [0.717, 1.165) is 30.7 Å². The van der Waals surface area contributed by atoms with Crippen LogP contribution < -0.4 is 0 Å². The molecule has 0 N–H and O–H groups in total. The number of ketones is 1. The van der Waals surface area contributed by atoms with Crippen molar-refractivity contribution >= 4 is 11.5 Å². The van der Waals surface area contributed by atoms with Crippen molar-refractivity contribution < 1.29 is 9.53 Å². The lowest BCUT2D eigenvalue weighted by molar-refractivity contribution is -0.114. The van der Waals surface area contributed by atoms with Crippen molar-refractivity contribution in [2.24, 2.45) is 4.99 Å². The standard InChI is InChI=1S/C10H11NO2/c1-13-10-6-8-7(5-9(10)12)3-2-4-11-8/h5-6H,2-4H2,1H3. The summed E-state index contributed by atoms with van der Waals surface area (Å²) < 4.78 is 4.94. The van der Waals surface area contributed by atoms with Gasteiger partial charge in [-0.2, -0.15) is 0 Å². The molecule has 0 bridgehead atoms. The summed E-state index contributed by atoms with van der Waals surface area (Å²) in [6.45, 7) is 0.856. The van der Waals surface area contributed by atoms with Crippen molar-refractivity contribution in [1.29, 1.82) is 0 Å². The molecular weight excluding hydrogens is 166 g/mol. The number of fused-ring (bicyclic) bond motifs is 1. The second kappa shape index (κ2) is 3.17. The number of ether oxygens (including phenoxy) is 1. The van der Waals surface area contributed by atoms with Gasteiger partial charge in [-0.1, -0.05) is 0 Å². The van der Waals surface area contributed by atoms with Gasteiger partial charge in [0.25, 0.3) is 0 Å². The molecule has 2 rings (SSSR count). The van der Waals surface area contributed by atoms with Crippen molar-refractivity contribution in [3.8, 4) is 0 Å². The quantitative estimate of drug-likeness (QED) is 0.565. The Hall–Kier alpha value is -1.38. The van der Waals surface area contributed by atoms with Crippen molar-refractivity contribution in [1.82, 2.24) is 0 Å². The monoisotopic (exact) mass is 177 g/mol. The Morgan fingerprint density at radius 3 is 3.08 bits per heavy atom. The number of methoxy groups -OCH3 is 1. The maximum absolute atomic E-state index is 11.4. The first kappa shape index (κ1) is 8.23. The van der Waals surface area contributed by atoms with Crippen LogP contribution in [0.3, 0.4) is 0 Å². The highest BCUT2D eigenvalue weighted by molar-refractivity contribution is 6.21. The van der Waals surface area contributed by atoms with Gasteiger partial charge < -0.3 is 4.74 Å². The van der Waals surface area contributed by atoms with Gasteiger partial charge in [-0.3, -0.25) is 9.79 Å². The molecule has 1 aliphatic carbocycles. The highest BCUT2D eigenvalue weighted by Gasteiger charge is 2.20. The number of nitrogens with zero attached hydrogens (tertiary/aromatic N) is 1. The zero-order valence-electron chi connectivity index (χ0n) is 7.54. The first-order chi connectivity index (χ1) is 6.31. The number of carbonyl (C=O) groups excluding carboxylic acids is 1. The van der Waals surface area contributed by atoms with Crippen LogP contribution in [-0.2, 0) is 9.53 Å². The molecule has 1 aliphatic heterocycles. The minimum atomic E-state index is -0.0432. The van der Waals surface area contributed by atoms with E-state index in [9.17, 15) is 4.79 Å². The van der Waals surface area contributed by atoms with E-state index >= 15 is 0 Å². The van der Waals surface area contributed by atoms with E-state index in [2.05, 4.69) is 4.99 Å². The lowest BCUT2D eigenvalue weighted by Gasteiger charge is -2.17. The summed E-state index contributed by atoms with van der Waals surface area (Å²) in [6, 6.07) is 0. The molecule has 0 atom stereocenters. The Labute approximate surface area is 76.8 Å². The van der Waals surface area contributed by atoms with Crippen molar-refractivity contribution in [2.75, 3.05) is 13.7 Å². The van der Waals surface area contributed by atoms with E-state index < -0.39 is 0 Å². The third kappa shape index (κ3) is 1.41. The molecule has 0 spiro atoms. The molecule has 2 aliphatic rings. The molecule has 0 unspecified atom stereocenters. The van der Waals surface area contributed by atoms with E-state index in [0.29, 0.717) is 5.76 Å². The molecule has 0 saturated carbocycles. The Kier molecular flexibility index (Phi) is 2.00.